The maximum Gasteiger partial charge on any atom is 0.245 e. The molecule has 2 saturated heterocycles. The van der Waals surface area contributed by atoms with Gasteiger partial charge in [-0.15, -0.1) is 0 Å². The van der Waals surface area contributed by atoms with Gasteiger partial charge in [0, 0.05) is 58.2 Å². The van der Waals surface area contributed by atoms with E-state index in [1.165, 1.54) is 0 Å². The fraction of sp³-hybridized carbons (Fsp3) is 0.476. The van der Waals surface area contributed by atoms with Gasteiger partial charge in [-0.25, -0.2) is 9.97 Å². The van der Waals surface area contributed by atoms with Crippen LogP contribution < -0.4 is 9.80 Å². The fourth-order valence-electron chi connectivity index (χ4n) is 4.56. The number of aryl methyl sites for hydroxylation is 2. The largest absolute Gasteiger partial charge is 0.354 e. The highest BCUT2D eigenvalue weighted by molar-refractivity contribution is 5.97. The third kappa shape index (κ3) is 3.39. The van der Waals surface area contributed by atoms with Gasteiger partial charge in [-0.3, -0.25) is 24.3 Å². The topological polar surface area (TPSA) is 83.3 Å². The molecule has 9 nitrogen and oxygen atoms in total. The third-order valence-corrected chi connectivity index (χ3v) is 6.06. The van der Waals surface area contributed by atoms with Crippen LogP contribution in [0.25, 0.3) is 11.2 Å². The number of carbonyl (C=O) groups excluding carboxylic acids is 1. The van der Waals surface area contributed by atoms with Gasteiger partial charge in [0.15, 0.2) is 5.65 Å². The van der Waals surface area contributed by atoms with Crippen LogP contribution in [-0.4, -0.2) is 74.3 Å². The number of nitrogens with zero attached hydrogens (tertiary/aromatic N) is 8. The van der Waals surface area contributed by atoms with E-state index >= 15 is 0 Å². The lowest BCUT2D eigenvalue weighted by molar-refractivity contribution is -0.125. The van der Waals surface area contributed by atoms with Crippen LogP contribution in [0.2, 0.25) is 0 Å². The smallest absolute Gasteiger partial charge is 0.245 e. The molecule has 5 rings (SSSR count). The van der Waals surface area contributed by atoms with Crippen LogP contribution in [0.1, 0.15) is 18.5 Å². The molecule has 0 N–H and O–H groups in total. The van der Waals surface area contributed by atoms with E-state index < -0.39 is 0 Å². The van der Waals surface area contributed by atoms with Gasteiger partial charge in [0.05, 0.1) is 11.7 Å². The highest BCUT2D eigenvalue weighted by Gasteiger charge is 2.36. The van der Waals surface area contributed by atoms with E-state index in [4.69, 9.17) is 0 Å². The third-order valence-electron chi connectivity index (χ3n) is 6.06. The van der Waals surface area contributed by atoms with Gasteiger partial charge in [-0.1, -0.05) is 0 Å². The molecular weight excluding hydrogens is 380 g/mol. The predicted octanol–water partition coefficient (Wildman–Crippen LogP) is 1.38. The minimum Gasteiger partial charge on any atom is -0.354 e. The van der Waals surface area contributed by atoms with Crippen molar-refractivity contribution < 1.29 is 4.79 Å². The molecule has 3 aromatic heterocycles. The number of pyridine rings is 1. The Balaban J connectivity index is 1.27. The zero-order chi connectivity index (χ0) is 20.7. The van der Waals surface area contributed by atoms with Gasteiger partial charge >= 0.3 is 0 Å². The van der Waals surface area contributed by atoms with E-state index in [0.717, 1.165) is 68.4 Å². The SMILES string of the molecule is Cc1cc(N2CCC[C@H](N3CCN(c4ccc5nccnc5n4)CC3)C2=O)n(C)n1. The molecule has 1 atom stereocenters. The standard InChI is InChI=1S/C21H26N8O/c1-15-14-19(26(2)25-15)29-9-3-4-17(21(29)30)27-10-12-28(13-11-27)18-6-5-16-20(24-18)23-8-7-22-16/h5-8,14,17H,3-4,9-13H2,1-2H3/t17-/m0/s1. The normalized spacial score (nSPS) is 20.9. The number of aromatic nitrogens is 5. The molecule has 0 bridgehead atoms. The Morgan fingerprint density at radius 3 is 2.60 bits per heavy atom. The average molecular weight is 406 g/mol. The number of rotatable bonds is 3. The Labute approximate surface area is 175 Å². The number of carbonyl (C=O) groups is 1. The molecule has 1 amide bonds. The van der Waals surface area contributed by atoms with Crippen LogP contribution in [0.15, 0.2) is 30.6 Å². The van der Waals surface area contributed by atoms with Gasteiger partial charge < -0.3 is 4.90 Å². The number of amides is 1. The van der Waals surface area contributed by atoms with Crippen molar-refractivity contribution in [3.8, 4) is 0 Å². The van der Waals surface area contributed by atoms with E-state index in [9.17, 15) is 4.79 Å². The first-order valence-corrected chi connectivity index (χ1v) is 10.5. The van der Waals surface area contributed by atoms with Crippen molar-refractivity contribution >= 4 is 28.7 Å². The quantitative estimate of drug-likeness (QED) is 0.650. The lowest BCUT2D eigenvalue weighted by Crippen LogP contribution is -2.58. The molecule has 0 radical (unpaired) electrons. The molecule has 0 aliphatic carbocycles. The van der Waals surface area contributed by atoms with E-state index in [2.05, 4.69) is 29.9 Å². The minimum absolute atomic E-state index is 0.0634. The summed E-state index contributed by atoms with van der Waals surface area (Å²) in [4.78, 5) is 33.1. The van der Waals surface area contributed by atoms with Gasteiger partial charge in [0.25, 0.3) is 0 Å². The summed E-state index contributed by atoms with van der Waals surface area (Å²) in [7, 11) is 1.90. The molecule has 5 heterocycles. The first-order valence-electron chi connectivity index (χ1n) is 10.5. The summed E-state index contributed by atoms with van der Waals surface area (Å²) < 4.78 is 1.81. The summed E-state index contributed by atoms with van der Waals surface area (Å²) in [6.07, 6.45) is 5.27. The summed E-state index contributed by atoms with van der Waals surface area (Å²) in [6.45, 7) is 6.09. The van der Waals surface area contributed by atoms with Crippen LogP contribution >= 0.6 is 0 Å². The second-order valence-electron chi connectivity index (χ2n) is 8.01. The molecule has 30 heavy (non-hydrogen) atoms. The Bertz CT molecular complexity index is 1070. The highest BCUT2D eigenvalue weighted by Crippen LogP contribution is 2.26. The van der Waals surface area contributed by atoms with Gasteiger partial charge in [0.1, 0.15) is 17.2 Å². The van der Waals surface area contributed by atoms with Gasteiger partial charge in [-0.05, 0) is 31.9 Å². The Morgan fingerprint density at radius 2 is 1.83 bits per heavy atom. The molecule has 0 aromatic carbocycles. The molecule has 2 aliphatic heterocycles. The summed E-state index contributed by atoms with van der Waals surface area (Å²) in [5.74, 6) is 2.00. The number of piperidine rings is 1. The first kappa shape index (κ1) is 18.9. The first-order chi connectivity index (χ1) is 14.6. The van der Waals surface area contributed by atoms with Gasteiger partial charge in [0.2, 0.25) is 5.91 Å². The van der Waals surface area contributed by atoms with Crippen molar-refractivity contribution in [2.75, 3.05) is 42.5 Å². The van der Waals surface area contributed by atoms with Crippen LogP contribution in [0, 0.1) is 6.92 Å². The molecule has 0 unspecified atom stereocenters. The van der Waals surface area contributed by atoms with Crippen molar-refractivity contribution in [2.45, 2.75) is 25.8 Å². The van der Waals surface area contributed by atoms with E-state index in [1.54, 1.807) is 12.4 Å². The van der Waals surface area contributed by atoms with E-state index in [1.807, 2.05) is 41.8 Å². The van der Waals surface area contributed by atoms with Crippen molar-refractivity contribution in [2.24, 2.45) is 7.05 Å². The minimum atomic E-state index is -0.0634. The summed E-state index contributed by atoms with van der Waals surface area (Å²) in [5.41, 5.74) is 2.41. The summed E-state index contributed by atoms with van der Waals surface area (Å²) in [6, 6.07) is 5.90. The molecule has 3 aromatic rings. The molecule has 9 heteroatoms. The number of fused-ring (bicyclic) bond motifs is 1. The van der Waals surface area contributed by atoms with E-state index in [-0.39, 0.29) is 11.9 Å². The second kappa shape index (κ2) is 7.64. The molecule has 0 saturated carbocycles. The van der Waals surface area contributed by atoms with Crippen LogP contribution in [0.4, 0.5) is 11.6 Å². The Morgan fingerprint density at radius 1 is 1.03 bits per heavy atom. The molecule has 0 spiro atoms. The Hall–Kier alpha value is -3.07. The monoisotopic (exact) mass is 406 g/mol. The van der Waals surface area contributed by atoms with E-state index in [0.29, 0.717) is 5.65 Å². The molecule has 2 fully saturated rings. The van der Waals surface area contributed by atoms with Crippen molar-refractivity contribution in [3.05, 3.63) is 36.3 Å². The highest BCUT2D eigenvalue weighted by atomic mass is 16.2. The van der Waals surface area contributed by atoms with Crippen LogP contribution in [0.3, 0.4) is 0 Å². The molecule has 156 valence electrons. The number of hydrogen-bond acceptors (Lipinski definition) is 7. The van der Waals surface area contributed by atoms with Crippen LogP contribution in [0.5, 0.6) is 0 Å². The number of anilines is 2. The number of piperazine rings is 1. The molecule has 2 aliphatic rings. The average Bonchev–Trinajstić information content (AvgIpc) is 3.11. The fourth-order valence-corrected chi connectivity index (χ4v) is 4.56. The lowest BCUT2D eigenvalue weighted by Gasteiger charge is -2.42. The zero-order valence-electron chi connectivity index (χ0n) is 17.4. The predicted molar refractivity (Wildman–Crippen MR) is 114 cm³/mol. The molecular formula is C21H26N8O. The maximum atomic E-state index is 13.3. The second-order valence-corrected chi connectivity index (χ2v) is 8.01. The zero-order valence-corrected chi connectivity index (χ0v) is 17.4. The summed E-state index contributed by atoms with van der Waals surface area (Å²) in [5, 5.41) is 4.41. The lowest BCUT2D eigenvalue weighted by atomic mass is 10.0. The Kier molecular flexibility index (Phi) is 4.82. The maximum absolute atomic E-state index is 13.3. The van der Waals surface area contributed by atoms with Crippen molar-refractivity contribution in [1.82, 2.24) is 29.6 Å². The van der Waals surface area contributed by atoms with Crippen LogP contribution in [-0.2, 0) is 11.8 Å². The van der Waals surface area contributed by atoms with Crippen molar-refractivity contribution in [3.63, 3.8) is 0 Å². The summed E-state index contributed by atoms with van der Waals surface area (Å²) >= 11 is 0. The van der Waals surface area contributed by atoms with Gasteiger partial charge in [-0.2, -0.15) is 5.10 Å². The van der Waals surface area contributed by atoms with Crippen molar-refractivity contribution in [1.29, 1.82) is 0 Å². The number of hydrogen-bond donors (Lipinski definition) is 0.